The molecule has 1 N–H and O–H groups in total. The number of hydrogen-bond acceptors (Lipinski definition) is 4. The Morgan fingerprint density at radius 1 is 1.23 bits per heavy atom. The number of hydrogen-bond donors (Lipinski definition) is 1. The van der Waals surface area contributed by atoms with Crippen molar-refractivity contribution in [2.45, 2.75) is 19.4 Å². The fraction of sp³-hybridized carbons (Fsp3) is 0.222. The third-order valence-corrected chi connectivity index (χ3v) is 4.91. The maximum absolute atomic E-state index is 14.1. The molecule has 0 aliphatic carbocycles. The second-order valence-corrected chi connectivity index (χ2v) is 7.57. The Morgan fingerprint density at radius 2 is 1.85 bits per heavy atom. The van der Waals surface area contributed by atoms with Gasteiger partial charge in [-0.3, -0.25) is 9.10 Å². The van der Waals surface area contributed by atoms with E-state index in [0.29, 0.717) is 5.69 Å². The molecule has 0 saturated carbocycles. The Balaban J connectivity index is 2.26. The van der Waals surface area contributed by atoms with Crippen molar-refractivity contribution in [2.75, 3.05) is 15.9 Å². The monoisotopic (exact) mass is 375 g/mol. The lowest BCUT2D eigenvalue weighted by molar-refractivity contribution is -0.116. The smallest absolute Gasteiger partial charge is 0.247 e. The zero-order chi connectivity index (χ0) is 19.3. The van der Waals surface area contributed by atoms with Gasteiger partial charge in [-0.15, -0.1) is 0 Å². The average Bonchev–Trinajstić information content (AvgIpc) is 2.57. The van der Waals surface area contributed by atoms with Gasteiger partial charge in [0, 0.05) is 5.69 Å². The van der Waals surface area contributed by atoms with Crippen molar-refractivity contribution < 1.29 is 17.6 Å². The molecular weight excluding hydrogens is 357 g/mol. The van der Waals surface area contributed by atoms with Gasteiger partial charge in [0.2, 0.25) is 15.9 Å². The van der Waals surface area contributed by atoms with E-state index in [4.69, 9.17) is 5.26 Å². The lowest BCUT2D eigenvalue weighted by Crippen LogP contribution is -2.45. The summed E-state index contributed by atoms with van der Waals surface area (Å²) in [6.07, 6.45) is 1.17. The molecule has 0 fully saturated rings. The number of rotatable bonds is 6. The van der Waals surface area contributed by atoms with Gasteiger partial charge in [0.05, 0.1) is 24.4 Å². The summed E-state index contributed by atoms with van der Waals surface area (Å²) in [5, 5.41) is 11.3. The molecule has 136 valence electrons. The number of anilines is 2. The molecule has 1 unspecified atom stereocenters. The average molecular weight is 375 g/mol. The molecule has 0 spiro atoms. The molecular formula is C18H18FN3O3S. The first kappa shape index (κ1) is 19.4. The lowest BCUT2D eigenvalue weighted by Gasteiger charge is -2.28. The summed E-state index contributed by atoms with van der Waals surface area (Å²) in [5.74, 6) is -1.34. The lowest BCUT2D eigenvalue weighted by atomic mass is 10.1. The van der Waals surface area contributed by atoms with Gasteiger partial charge in [0.15, 0.2) is 0 Å². The van der Waals surface area contributed by atoms with Crippen LogP contribution in [0.15, 0.2) is 48.5 Å². The highest BCUT2D eigenvalue weighted by Crippen LogP contribution is 2.24. The number of carbonyl (C=O) groups is 1. The standard InChI is InChI=1S/C18H18FN3O3S/c1-13(18(23)21-15-9-7-14(8-10-15)11-12-20)22(26(2,24)25)17-6-4-3-5-16(17)19/h3-10,13H,11H2,1-2H3,(H,21,23). The molecule has 0 bridgehead atoms. The molecule has 8 heteroatoms. The normalized spacial score (nSPS) is 12.1. The fourth-order valence-electron chi connectivity index (χ4n) is 2.46. The fourth-order valence-corrected chi connectivity index (χ4v) is 3.63. The second kappa shape index (κ2) is 7.97. The van der Waals surface area contributed by atoms with E-state index in [0.717, 1.165) is 22.2 Å². The Bertz CT molecular complexity index is 937. The summed E-state index contributed by atoms with van der Waals surface area (Å²) in [4.78, 5) is 12.5. The van der Waals surface area contributed by atoms with E-state index in [-0.39, 0.29) is 12.1 Å². The Hall–Kier alpha value is -2.92. The molecule has 6 nitrogen and oxygen atoms in total. The Kier molecular flexibility index (Phi) is 5.95. The number of para-hydroxylation sites is 1. The van der Waals surface area contributed by atoms with Gasteiger partial charge in [-0.2, -0.15) is 5.26 Å². The van der Waals surface area contributed by atoms with Crippen LogP contribution >= 0.6 is 0 Å². The predicted molar refractivity (Wildman–Crippen MR) is 97.6 cm³/mol. The molecule has 0 aliphatic rings. The summed E-state index contributed by atoms with van der Waals surface area (Å²) in [6, 6.07) is 12.8. The van der Waals surface area contributed by atoms with Crippen molar-refractivity contribution in [1.29, 1.82) is 5.26 Å². The van der Waals surface area contributed by atoms with Crippen molar-refractivity contribution in [3.05, 3.63) is 59.9 Å². The van der Waals surface area contributed by atoms with Crippen LogP contribution in [-0.2, 0) is 21.2 Å². The number of benzene rings is 2. The molecule has 0 saturated heterocycles. The zero-order valence-corrected chi connectivity index (χ0v) is 15.1. The molecule has 0 aromatic heterocycles. The predicted octanol–water partition coefficient (Wildman–Crippen LogP) is 2.68. The van der Waals surface area contributed by atoms with Gasteiger partial charge in [-0.25, -0.2) is 12.8 Å². The number of carbonyl (C=O) groups excluding carboxylic acids is 1. The molecule has 1 atom stereocenters. The third kappa shape index (κ3) is 4.58. The van der Waals surface area contributed by atoms with E-state index in [1.54, 1.807) is 24.3 Å². The summed E-state index contributed by atoms with van der Waals surface area (Å²) >= 11 is 0. The van der Waals surface area contributed by atoms with Gasteiger partial charge in [-0.1, -0.05) is 24.3 Å². The van der Waals surface area contributed by atoms with Crippen molar-refractivity contribution in [3.8, 4) is 6.07 Å². The van der Waals surface area contributed by atoms with Crippen molar-refractivity contribution in [3.63, 3.8) is 0 Å². The van der Waals surface area contributed by atoms with Crippen molar-refractivity contribution in [2.24, 2.45) is 0 Å². The molecule has 0 aliphatic heterocycles. The number of nitrogens with one attached hydrogen (secondary N) is 1. The number of halogens is 1. The topological polar surface area (TPSA) is 90.3 Å². The largest absolute Gasteiger partial charge is 0.324 e. The van der Waals surface area contributed by atoms with Gasteiger partial charge in [-0.05, 0) is 36.8 Å². The maximum Gasteiger partial charge on any atom is 0.247 e. The summed E-state index contributed by atoms with van der Waals surface area (Å²) < 4.78 is 39.1. The van der Waals surface area contributed by atoms with Crippen LogP contribution in [0.1, 0.15) is 12.5 Å². The quantitative estimate of drug-likeness (QED) is 0.840. The molecule has 1 amide bonds. The summed E-state index contributed by atoms with van der Waals surface area (Å²) in [7, 11) is -3.89. The SMILES string of the molecule is CC(C(=O)Nc1ccc(CC#N)cc1)N(c1ccccc1F)S(C)(=O)=O. The first-order valence-electron chi connectivity index (χ1n) is 7.74. The number of nitrogens with zero attached hydrogens (tertiary/aromatic N) is 2. The molecule has 0 radical (unpaired) electrons. The molecule has 2 aromatic carbocycles. The third-order valence-electron chi connectivity index (χ3n) is 3.68. The number of amides is 1. The summed E-state index contributed by atoms with van der Waals surface area (Å²) in [6.45, 7) is 1.38. The van der Waals surface area contributed by atoms with Gasteiger partial charge in [0.1, 0.15) is 11.9 Å². The molecule has 2 rings (SSSR count). The van der Waals surface area contributed by atoms with E-state index in [1.165, 1.54) is 25.1 Å². The van der Waals surface area contributed by atoms with Crippen LogP contribution in [0.5, 0.6) is 0 Å². The van der Waals surface area contributed by atoms with Crippen LogP contribution in [0, 0.1) is 17.1 Å². The highest BCUT2D eigenvalue weighted by molar-refractivity contribution is 7.92. The van der Waals surface area contributed by atoms with Crippen LogP contribution in [0.25, 0.3) is 0 Å². The number of nitriles is 1. The van der Waals surface area contributed by atoms with E-state index >= 15 is 0 Å². The minimum Gasteiger partial charge on any atom is -0.324 e. The number of sulfonamides is 1. The van der Waals surface area contributed by atoms with Crippen LogP contribution in [0.3, 0.4) is 0 Å². The van der Waals surface area contributed by atoms with Gasteiger partial charge in [0.25, 0.3) is 0 Å². The van der Waals surface area contributed by atoms with E-state index in [9.17, 15) is 17.6 Å². The summed E-state index contributed by atoms with van der Waals surface area (Å²) in [5.41, 5.74) is 1.05. The Morgan fingerprint density at radius 3 is 2.38 bits per heavy atom. The molecule has 0 heterocycles. The van der Waals surface area contributed by atoms with Crippen molar-refractivity contribution >= 4 is 27.3 Å². The Labute approximate surface area is 151 Å². The first-order chi connectivity index (χ1) is 12.2. The second-order valence-electron chi connectivity index (χ2n) is 5.71. The minimum atomic E-state index is -3.89. The first-order valence-corrected chi connectivity index (χ1v) is 9.59. The molecule has 26 heavy (non-hydrogen) atoms. The van der Waals surface area contributed by atoms with Crippen LogP contribution in [0.2, 0.25) is 0 Å². The van der Waals surface area contributed by atoms with Gasteiger partial charge < -0.3 is 5.32 Å². The highest BCUT2D eigenvalue weighted by Gasteiger charge is 2.30. The van der Waals surface area contributed by atoms with Gasteiger partial charge >= 0.3 is 0 Å². The van der Waals surface area contributed by atoms with E-state index in [1.807, 2.05) is 6.07 Å². The highest BCUT2D eigenvalue weighted by atomic mass is 32.2. The van der Waals surface area contributed by atoms with Crippen LogP contribution in [0.4, 0.5) is 15.8 Å². The van der Waals surface area contributed by atoms with Crippen LogP contribution in [-0.4, -0.2) is 26.6 Å². The van der Waals surface area contributed by atoms with Crippen LogP contribution < -0.4 is 9.62 Å². The maximum atomic E-state index is 14.1. The van der Waals surface area contributed by atoms with Crippen molar-refractivity contribution in [1.82, 2.24) is 0 Å². The minimum absolute atomic E-state index is 0.193. The van der Waals surface area contributed by atoms with E-state index in [2.05, 4.69) is 5.32 Å². The van der Waals surface area contributed by atoms with E-state index < -0.39 is 27.8 Å². The molecule has 2 aromatic rings. The zero-order valence-electron chi connectivity index (χ0n) is 14.3.